The highest BCUT2D eigenvalue weighted by Gasteiger charge is 2.30. The van der Waals surface area contributed by atoms with Gasteiger partial charge in [-0.25, -0.2) is 4.79 Å². The molecule has 1 rings (SSSR count). The third-order valence-corrected chi connectivity index (χ3v) is 2.15. The van der Waals surface area contributed by atoms with Gasteiger partial charge >= 0.3 is 5.97 Å². The molecule has 4 nitrogen and oxygen atoms in total. The van der Waals surface area contributed by atoms with Crippen LogP contribution in [0.25, 0.3) is 0 Å². The predicted octanol–water partition coefficient (Wildman–Crippen LogP) is -0.0736. The molecule has 1 heterocycles. The Kier molecular flexibility index (Phi) is 3.49. The first kappa shape index (κ1) is 9.48. The minimum absolute atomic E-state index is 0.127. The van der Waals surface area contributed by atoms with Gasteiger partial charge in [0.05, 0.1) is 7.11 Å². The molecule has 0 unspecified atom stereocenters. The number of esters is 1. The molecule has 0 aromatic rings. The lowest BCUT2D eigenvalue weighted by Gasteiger charge is -2.19. The highest BCUT2D eigenvalue weighted by molar-refractivity contribution is 5.75. The lowest BCUT2D eigenvalue weighted by atomic mass is 10.1. The maximum atomic E-state index is 11.1. The van der Waals surface area contributed by atoms with Crippen molar-refractivity contribution in [1.82, 2.24) is 5.32 Å². The van der Waals surface area contributed by atoms with Gasteiger partial charge in [-0.1, -0.05) is 0 Å². The summed E-state index contributed by atoms with van der Waals surface area (Å²) >= 11 is 0. The molecule has 70 valence electrons. The van der Waals surface area contributed by atoms with Crippen molar-refractivity contribution >= 4 is 5.97 Å². The zero-order chi connectivity index (χ0) is 8.97. The lowest BCUT2D eigenvalue weighted by Crippen LogP contribution is -2.42. The van der Waals surface area contributed by atoms with Crippen LogP contribution in [-0.4, -0.2) is 38.9 Å². The zero-order valence-electron chi connectivity index (χ0n) is 7.50. The smallest absolute Gasteiger partial charge is 0.336 e. The predicted molar refractivity (Wildman–Crippen MR) is 43.8 cm³/mol. The summed E-state index contributed by atoms with van der Waals surface area (Å²) in [6.45, 7) is 0.960. The SMILES string of the molecule is COC(=O)[C@@H](OC)[C@@H]1CCCN1. The van der Waals surface area contributed by atoms with Gasteiger partial charge in [-0.15, -0.1) is 0 Å². The number of methoxy groups -OCH3 is 2. The van der Waals surface area contributed by atoms with Crippen molar-refractivity contribution in [2.75, 3.05) is 20.8 Å². The second-order valence-electron chi connectivity index (χ2n) is 2.88. The molecule has 0 amide bonds. The summed E-state index contributed by atoms with van der Waals surface area (Å²) in [4.78, 5) is 11.1. The van der Waals surface area contributed by atoms with E-state index in [9.17, 15) is 4.79 Å². The molecular formula is C8H15NO3. The summed E-state index contributed by atoms with van der Waals surface area (Å²) in [6.07, 6.45) is 1.63. The molecule has 0 aliphatic carbocycles. The maximum absolute atomic E-state index is 11.1. The average molecular weight is 173 g/mol. The largest absolute Gasteiger partial charge is 0.467 e. The Balaban J connectivity index is 2.48. The van der Waals surface area contributed by atoms with E-state index in [1.807, 2.05) is 0 Å². The van der Waals surface area contributed by atoms with Crippen molar-refractivity contribution in [3.05, 3.63) is 0 Å². The van der Waals surface area contributed by atoms with E-state index in [-0.39, 0.29) is 12.0 Å². The van der Waals surface area contributed by atoms with Crippen LogP contribution in [0, 0.1) is 0 Å². The molecule has 1 saturated heterocycles. The van der Waals surface area contributed by atoms with Crippen molar-refractivity contribution < 1.29 is 14.3 Å². The van der Waals surface area contributed by atoms with E-state index in [1.54, 1.807) is 0 Å². The Morgan fingerprint density at radius 2 is 2.33 bits per heavy atom. The Hall–Kier alpha value is -0.610. The van der Waals surface area contributed by atoms with E-state index < -0.39 is 6.10 Å². The minimum atomic E-state index is -0.447. The summed E-state index contributed by atoms with van der Waals surface area (Å²) in [7, 11) is 2.91. The second-order valence-corrected chi connectivity index (χ2v) is 2.88. The number of nitrogens with one attached hydrogen (secondary N) is 1. The third kappa shape index (κ3) is 1.95. The Morgan fingerprint density at radius 3 is 2.75 bits per heavy atom. The van der Waals surface area contributed by atoms with Gasteiger partial charge in [0.15, 0.2) is 6.10 Å². The fourth-order valence-electron chi connectivity index (χ4n) is 1.51. The van der Waals surface area contributed by atoms with Crippen LogP contribution in [-0.2, 0) is 14.3 Å². The van der Waals surface area contributed by atoms with Crippen LogP contribution < -0.4 is 5.32 Å². The van der Waals surface area contributed by atoms with Crippen LogP contribution in [0.4, 0.5) is 0 Å². The van der Waals surface area contributed by atoms with Gasteiger partial charge in [-0.05, 0) is 19.4 Å². The fraction of sp³-hybridized carbons (Fsp3) is 0.875. The molecule has 12 heavy (non-hydrogen) atoms. The molecule has 4 heteroatoms. The Bertz CT molecular complexity index is 154. The molecule has 0 aromatic heterocycles. The number of hydrogen-bond donors (Lipinski definition) is 1. The Morgan fingerprint density at radius 1 is 1.58 bits per heavy atom. The highest BCUT2D eigenvalue weighted by atomic mass is 16.6. The van der Waals surface area contributed by atoms with E-state index in [2.05, 4.69) is 10.1 Å². The summed E-state index contributed by atoms with van der Waals surface area (Å²) < 4.78 is 9.66. The van der Waals surface area contributed by atoms with Crippen LogP contribution in [0.15, 0.2) is 0 Å². The molecule has 0 spiro atoms. The molecule has 0 aromatic carbocycles. The van der Waals surface area contributed by atoms with Gasteiger partial charge in [0, 0.05) is 13.2 Å². The van der Waals surface area contributed by atoms with Gasteiger partial charge < -0.3 is 14.8 Å². The normalized spacial score (nSPS) is 25.3. The highest BCUT2D eigenvalue weighted by Crippen LogP contribution is 2.12. The number of carbonyl (C=O) groups is 1. The molecule has 2 atom stereocenters. The molecule has 1 fully saturated rings. The average Bonchev–Trinajstić information content (AvgIpc) is 2.58. The van der Waals surface area contributed by atoms with E-state index in [1.165, 1.54) is 14.2 Å². The molecule has 0 bridgehead atoms. The van der Waals surface area contributed by atoms with Crippen LogP contribution in [0.1, 0.15) is 12.8 Å². The van der Waals surface area contributed by atoms with E-state index in [0.717, 1.165) is 19.4 Å². The van der Waals surface area contributed by atoms with Crippen LogP contribution in [0.2, 0.25) is 0 Å². The van der Waals surface area contributed by atoms with Gasteiger partial charge in [0.25, 0.3) is 0 Å². The first-order chi connectivity index (χ1) is 5.79. The fourth-order valence-corrected chi connectivity index (χ4v) is 1.51. The molecule has 0 saturated carbocycles. The first-order valence-electron chi connectivity index (χ1n) is 4.13. The summed E-state index contributed by atoms with van der Waals surface area (Å²) in [5.74, 6) is -0.295. The molecule has 0 radical (unpaired) electrons. The second kappa shape index (κ2) is 4.42. The van der Waals surface area contributed by atoms with Gasteiger partial charge in [0.1, 0.15) is 0 Å². The van der Waals surface area contributed by atoms with Crippen LogP contribution >= 0.6 is 0 Å². The topological polar surface area (TPSA) is 47.6 Å². The molecular weight excluding hydrogens is 158 g/mol. The van der Waals surface area contributed by atoms with E-state index >= 15 is 0 Å². The zero-order valence-corrected chi connectivity index (χ0v) is 7.50. The maximum Gasteiger partial charge on any atom is 0.336 e. The van der Waals surface area contributed by atoms with Crippen LogP contribution in [0.3, 0.4) is 0 Å². The van der Waals surface area contributed by atoms with E-state index in [4.69, 9.17) is 4.74 Å². The number of ether oxygens (including phenoxy) is 2. The summed E-state index contributed by atoms with van der Waals surface area (Å²) in [6, 6.07) is 0.127. The summed E-state index contributed by atoms with van der Waals surface area (Å²) in [5, 5.41) is 3.20. The minimum Gasteiger partial charge on any atom is -0.467 e. The van der Waals surface area contributed by atoms with Crippen molar-refractivity contribution in [2.24, 2.45) is 0 Å². The van der Waals surface area contributed by atoms with Crippen LogP contribution in [0.5, 0.6) is 0 Å². The van der Waals surface area contributed by atoms with Crippen molar-refractivity contribution in [3.63, 3.8) is 0 Å². The number of carbonyl (C=O) groups excluding carboxylic acids is 1. The Labute approximate surface area is 72.2 Å². The monoisotopic (exact) mass is 173 g/mol. The van der Waals surface area contributed by atoms with Crippen molar-refractivity contribution in [1.29, 1.82) is 0 Å². The lowest BCUT2D eigenvalue weighted by molar-refractivity contribution is -0.153. The number of hydrogen-bond acceptors (Lipinski definition) is 4. The first-order valence-corrected chi connectivity index (χ1v) is 4.13. The molecule has 1 N–H and O–H groups in total. The van der Waals surface area contributed by atoms with E-state index in [0.29, 0.717) is 0 Å². The number of rotatable bonds is 3. The quantitative estimate of drug-likeness (QED) is 0.607. The standard InChI is InChI=1S/C8H15NO3/c1-11-7(8(10)12-2)6-4-3-5-9-6/h6-7,9H,3-5H2,1-2H3/t6-,7-/m0/s1. The van der Waals surface area contributed by atoms with Gasteiger partial charge in [0.2, 0.25) is 0 Å². The van der Waals surface area contributed by atoms with Gasteiger partial charge in [-0.3, -0.25) is 0 Å². The molecule has 1 aliphatic heterocycles. The van der Waals surface area contributed by atoms with Gasteiger partial charge in [-0.2, -0.15) is 0 Å². The molecule has 1 aliphatic rings. The van der Waals surface area contributed by atoms with Crippen molar-refractivity contribution in [2.45, 2.75) is 25.0 Å². The summed E-state index contributed by atoms with van der Waals surface area (Å²) in [5.41, 5.74) is 0. The van der Waals surface area contributed by atoms with Crippen molar-refractivity contribution in [3.8, 4) is 0 Å². The third-order valence-electron chi connectivity index (χ3n) is 2.15.